The summed E-state index contributed by atoms with van der Waals surface area (Å²) in [4.78, 5) is 17.0. The fourth-order valence-electron chi connectivity index (χ4n) is 2.42. The van der Waals surface area contributed by atoms with Crippen molar-refractivity contribution in [3.05, 3.63) is 0 Å². The highest BCUT2D eigenvalue weighted by Crippen LogP contribution is 2.34. The Morgan fingerprint density at radius 3 is 2.06 bits per heavy atom. The van der Waals surface area contributed by atoms with Gasteiger partial charge >= 0.3 is 0 Å². The van der Waals surface area contributed by atoms with E-state index >= 15 is 0 Å². The average Bonchev–Trinajstić information content (AvgIpc) is 2.41. The van der Waals surface area contributed by atoms with Crippen molar-refractivity contribution in [2.45, 2.75) is 53.1 Å². The molecule has 0 aromatic heterocycles. The van der Waals surface area contributed by atoms with Gasteiger partial charge in [-0.1, -0.05) is 34.6 Å². The van der Waals surface area contributed by atoms with Gasteiger partial charge in [0.2, 0.25) is 5.91 Å². The second kappa shape index (κ2) is 7.10. The lowest BCUT2D eigenvalue weighted by atomic mass is 9.72. The number of hydrogen-bond acceptors (Lipinski definition) is 3. The fraction of sp³-hybridized carbons (Fsp3) is 0.929. The van der Waals surface area contributed by atoms with Crippen molar-refractivity contribution in [3.8, 4) is 0 Å². The lowest BCUT2D eigenvalue weighted by Gasteiger charge is -2.38. The van der Waals surface area contributed by atoms with Gasteiger partial charge in [0.1, 0.15) is 0 Å². The number of amides is 1. The first-order valence-corrected chi connectivity index (χ1v) is 6.79. The van der Waals surface area contributed by atoms with Crippen LogP contribution in [0.5, 0.6) is 0 Å². The third-order valence-corrected chi connectivity index (χ3v) is 4.62. The summed E-state index contributed by atoms with van der Waals surface area (Å²) >= 11 is 0. The highest BCUT2D eigenvalue weighted by Gasteiger charge is 2.38. The molecule has 0 aromatic rings. The van der Waals surface area contributed by atoms with Crippen LogP contribution in [-0.2, 0) is 9.63 Å². The van der Waals surface area contributed by atoms with Crippen LogP contribution >= 0.6 is 0 Å². The highest BCUT2D eigenvalue weighted by molar-refractivity contribution is 5.77. The molecule has 3 atom stereocenters. The van der Waals surface area contributed by atoms with Crippen molar-refractivity contribution in [2.75, 3.05) is 14.2 Å². The number of hydrogen-bond donors (Lipinski definition) is 1. The summed E-state index contributed by atoms with van der Waals surface area (Å²) < 4.78 is 0. The van der Waals surface area contributed by atoms with Crippen molar-refractivity contribution in [3.63, 3.8) is 0 Å². The fourth-order valence-corrected chi connectivity index (χ4v) is 2.42. The van der Waals surface area contributed by atoms with Crippen LogP contribution in [0.1, 0.15) is 47.5 Å². The van der Waals surface area contributed by atoms with E-state index in [9.17, 15) is 9.90 Å². The van der Waals surface area contributed by atoms with Crippen LogP contribution in [0, 0.1) is 17.8 Å². The third-order valence-electron chi connectivity index (χ3n) is 4.62. The SMILES string of the molecule is CCC(O)(CC)[C@@H](C)[C@H](C)[C@@H](C)C(=O)N(C)OC. The standard InChI is InChI=1S/C14H29NO3/c1-8-14(17,9-2)12(5)10(3)11(4)13(16)15(6)18-7/h10-12,17H,8-9H2,1-7H3/t10-,11-,12+/m1/s1. The lowest BCUT2D eigenvalue weighted by molar-refractivity contribution is -0.176. The summed E-state index contributed by atoms with van der Waals surface area (Å²) in [5.74, 6) is -0.0577. The molecule has 18 heavy (non-hydrogen) atoms. The maximum Gasteiger partial charge on any atom is 0.248 e. The van der Waals surface area contributed by atoms with E-state index < -0.39 is 5.60 Å². The van der Waals surface area contributed by atoms with Gasteiger partial charge in [0.25, 0.3) is 0 Å². The zero-order valence-corrected chi connectivity index (χ0v) is 12.9. The Morgan fingerprint density at radius 1 is 1.28 bits per heavy atom. The molecule has 1 amide bonds. The van der Waals surface area contributed by atoms with Crippen molar-refractivity contribution in [1.82, 2.24) is 5.06 Å². The van der Waals surface area contributed by atoms with Gasteiger partial charge in [0, 0.05) is 13.0 Å². The predicted molar refractivity (Wildman–Crippen MR) is 72.8 cm³/mol. The third kappa shape index (κ3) is 3.69. The number of carbonyl (C=O) groups excluding carboxylic acids is 1. The first-order chi connectivity index (χ1) is 8.25. The zero-order valence-electron chi connectivity index (χ0n) is 12.9. The van der Waals surface area contributed by atoms with E-state index in [2.05, 4.69) is 0 Å². The number of aliphatic hydroxyl groups is 1. The molecule has 0 aliphatic carbocycles. The molecule has 0 fully saturated rings. The molecular weight excluding hydrogens is 230 g/mol. The second-order valence-electron chi connectivity index (χ2n) is 5.27. The molecule has 0 heterocycles. The van der Waals surface area contributed by atoms with Gasteiger partial charge in [-0.05, 0) is 24.7 Å². The summed E-state index contributed by atoms with van der Waals surface area (Å²) in [6.45, 7) is 9.91. The summed E-state index contributed by atoms with van der Waals surface area (Å²) in [5.41, 5.74) is -0.695. The highest BCUT2D eigenvalue weighted by atomic mass is 16.7. The van der Waals surface area contributed by atoms with Crippen LogP contribution in [0.3, 0.4) is 0 Å². The molecule has 0 aliphatic heterocycles. The van der Waals surface area contributed by atoms with Gasteiger partial charge in [0.05, 0.1) is 12.7 Å². The van der Waals surface area contributed by atoms with Crippen LogP contribution in [-0.4, -0.2) is 35.8 Å². The summed E-state index contributed by atoms with van der Waals surface area (Å²) in [6.07, 6.45) is 1.41. The van der Waals surface area contributed by atoms with Crippen molar-refractivity contribution >= 4 is 5.91 Å². The molecule has 4 heteroatoms. The maximum absolute atomic E-state index is 12.0. The Kier molecular flexibility index (Phi) is 6.86. The minimum absolute atomic E-state index is 0.0496. The molecule has 0 saturated heterocycles. The van der Waals surface area contributed by atoms with E-state index in [1.54, 1.807) is 7.05 Å². The smallest absolute Gasteiger partial charge is 0.248 e. The normalized spacial score (nSPS) is 17.1. The lowest BCUT2D eigenvalue weighted by Crippen LogP contribution is -2.43. The molecule has 0 spiro atoms. The van der Waals surface area contributed by atoms with Crippen molar-refractivity contribution in [1.29, 1.82) is 0 Å². The van der Waals surface area contributed by atoms with Crippen molar-refractivity contribution in [2.24, 2.45) is 17.8 Å². The van der Waals surface area contributed by atoms with E-state index in [0.29, 0.717) is 12.8 Å². The average molecular weight is 259 g/mol. The first-order valence-electron chi connectivity index (χ1n) is 6.79. The number of nitrogens with zero attached hydrogens (tertiary/aromatic N) is 1. The maximum atomic E-state index is 12.0. The molecule has 0 saturated carbocycles. The minimum atomic E-state index is -0.695. The van der Waals surface area contributed by atoms with E-state index in [4.69, 9.17) is 4.84 Å². The van der Waals surface area contributed by atoms with Crippen LogP contribution in [0.4, 0.5) is 0 Å². The molecule has 108 valence electrons. The largest absolute Gasteiger partial charge is 0.390 e. The van der Waals surface area contributed by atoms with Crippen LogP contribution in [0.25, 0.3) is 0 Å². The quantitative estimate of drug-likeness (QED) is 0.715. The summed E-state index contributed by atoms with van der Waals surface area (Å²) in [5, 5.41) is 11.8. The van der Waals surface area contributed by atoms with Gasteiger partial charge in [-0.25, -0.2) is 5.06 Å². The molecule has 0 bridgehead atoms. The van der Waals surface area contributed by atoms with E-state index in [1.807, 2.05) is 34.6 Å². The number of hydroxylamine groups is 2. The zero-order chi connectivity index (χ0) is 14.5. The number of carbonyl (C=O) groups is 1. The molecule has 0 radical (unpaired) electrons. The van der Waals surface area contributed by atoms with E-state index in [1.165, 1.54) is 12.2 Å². The molecule has 0 aliphatic rings. The molecular formula is C14H29NO3. The Hall–Kier alpha value is -0.610. The van der Waals surface area contributed by atoms with Gasteiger partial charge < -0.3 is 5.11 Å². The van der Waals surface area contributed by atoms with Gasteiger partial charge in [-0.3, -0.25) is 9.63 Å². The monoisotopic (exact) mass is 259 g/mol. The molecule has 4 nitrogen and oxygen atoms in total. The predicted octanol–water partition coefficient (Wildman–Crippen LogP) is 2.47. The summed E-state index contributed by atoms with van der Waals surface area (Å²) in [7, 11) is 3.09. The first kappa shape index (κ1) is 17.4. The van der Waals surface area contributed by atoms with Gasteiger partial charge in [-0.15, -0.1) is 0 Å². The van der Waals surface area contributed by atoms with Crippen LogP contribution in [0.2, 0.25) is 0 Å². The van der Waals surface area contributed by atoms with Gasteiger partial charge in [-0.2, -0.15) is 0 Å². The van der Waals surface area contributed by atoms with Crippen LogP contribution in [0.15, 0.2) is 0 Å². The molecule has 0 unspecified atom stereocenters. The Morgan fingerprint density at radius 2 is 1.72 bits per heavy atom. The second-order valence-corrected chi connectivity index (χ2v) is 5.27. The molecule has 0 rings (SSSR count). The Bertz CT molecular complexity index is 264. The molecule has 0 aromatic carbocycles. The number of rotatable bonds is 7. The van der Waals surface area contributed by atoms with Gasteiger partial charge in [0.15, 0.2) is 0 Å². The minimum Gasteiger partial charge on any atom is -0.390 e. The van der Waals surface area contributed by atoms with E-state index in [0.717, 1.165) is 0 Å². The Balaban J connectivity index is 4.83. The Labute approximate surface area is 111 Å². The summed E-state index contributed by atoms with van der Waals surface area (Å²) in [6, 6.07) is 0. The van der Waals surface area contributed by atoms with E-state index in [-0.39, 0.29) is 23.7 Å². The van der Waals surface area contributed by atoms with Crippen molar-refractivity contribution < 1.29 is 14.7 Å². The van der Waals surface area contributed by atoms with Crippen LogP contribution < -0.4 is 0 Å². The molecule has 1 N–H and O–H groups in total. The topological polar surface area (TPSA) is 49.8 Å².